The summed E-state index contributed by atoms with van der Waals surface area (Å²) in [7, 11) is 0. The Hall–Kier alpha value is -2.90. The van der Waals surface area contributed by atoms with Gasteiger partial charge in [0, 0.05) is 13.1 Å². The fraction of sp³-hybridized carbons (Fsp3) is 0.545. The first kappa shape index (κ1) is 21.8. The molecule has 1 aromatic carbocycles. The average molecular weight is 415 g/mol. The van der Waals surface area contributed by atoms with E-state index in [0.29, 0.717) is 37.6 Å². The number of carbonyl (C=O) groups excluding carboxylic acids is 2. The lowest BCUT2D eigenvalue weighted by Gasteiger charge is -2.39. The summed E-state index contributed by atoms with van der Waals surface area (Å²) in [6.45, 7) is 9.61. The van der Waals surface area contributed by atoms with Crippen molar-refractivity contribution in [3.8, 4) is 5.75 Å². The van der Waals surface area contributed by atoms with Crippen LogP contribution in [0.25, 0.3) is 0 Å². The minimum atomic E-state index is -0.620. The smallest absolute Gasteiger partial charge is 0.228 e. The summed E-state index contributed by atoms with van der Waals surface area (Å²) in [5.74, 6) is 0.680. The largest absolute Gasteiger partial charge is 0.492 e. The second-order valence-corrected chi connectivity index (χ2v) is 8.30. The zero-order valence-corrected chi connectivity index (χ0v) is 18.2. The number of nitrogens with zero attached hydrogens (tertiary/aromatic N) is 3. The van der Waals surface area contributed by atoms with Crippen LogP contribution in [0.4, 0.5) is 0 Å². The SMILES string of the molecule is Cc1ccc(OCCNC(=O)[C@]2(C)CCCN(C(=O)Cc3nonc3C)C2)cc1C. The Morgan fingerprint density at radius 3 is 2.73 bits per heavy atom. The molecule has 8 heteroatoms. The summed E-state index contributed by atoms with van der Waals surface area (Å²) in [6, 6.07) is 5.95. The normalized spacial score (nSPS) is 18.9. The van der Waals surface area contributed by atoms with Crippen molar-refractivity contribution in [3.63, 3.8) is 0 Å². The maximum atomic E-state index is 12.8. The number of aryl methyl sites for hydroxylation is 3. The maximum absolute atomic E-state index is 12.8. The van der Waals surface area contributed by atoms with Crippen LogP contribution in [0, 0.1) is 26.2 Å². The second-order valence-electron chi connectivity index (χ2n) is 8.30. The number of hydrogen-bond donors (Lipinski definition) is 1. The van der Waals surface area contributed by atoms with Crippen molar-refractivity contribution in [2.45, 2.75) is 47.0 Å². The minimum absolute atomic E-state index is 0.0528. The van der Waals surface area contributed by atoms with Gasteiger partial charge in [-0.15, -0.1) is 0 Å². The standard InChI is InChI=1S/C22H30N4O4/c1-15-6-7-18(12-16(15)2)29-11-9-23-21(28)22(4)8-5-10-26(14-22)20(27)13-19-17(3)24-30-25-19/h6-7,12H,5,8-11,13-14H2,1-4H3,(H,23,28)/t22-/m1/s1. The monoisotopic (exact) mass is 414 g/mol. The van der Waals surface area contributed by atoms with Crippen LogP contribution in [0.15, 0.2) is 22.8 Å². The van der Waals surface area contributed by atoms with E-state index in [2.05, 4.69) is 27.2 Å². The highest BCUT2D eigenvalue weighted by atomic mass is 16.6. The van der Waals surface area contributed by atoms with Gasteiger partial charge in [0.15, 0.2) is 0 Å². The Morgan fingerprint density at radius 2 is 2.03 bits per heavy atom. The van der Waals surface area contributed by atoms with Crippen molar-refractivity contribution < 1.29 is 19.0 Å². The van der Waals surface area contributed by atoms with Gasteiger partial charge in [-0.25, -0.2) is 4.63 Å². The highest BCUT2D eigenvalue weighted by Gasteiger charge is 2.39. The van der Waals surface area contributed by atoms with E-state index in [1.807, 2.05) is 32.0 Å². The molecule has 2 heterocycles. The number of benzene rings is 1. The molecule has 162 valence electrons. The van der Waals surface area contributed by atoms with E-state index in [-0.39, 0.29) is 18.2 Å². The summed E-state index contributed by atoms with van der Waals surface area (Å²) in [4.78, 5) is 27.2. The van der Waals surface area contributed by atoms with Gasteiger partial charge in [0.2, 0.25) is 11.8 Å². The van der Waals surface area contributed by atoms with E-state index in [1.165, 1.54) is 11.1 Å². The summed E-state index contributed by atoms with van der Waals surface area (Å²) >= 11 is 0. The summed E-state index contributed by atoms with van der Waals surface area (Å²) in [5, 5.41) is 10.5. The highest BCUT2D eigenvalue weighted by molar-refractivity contribution is 5.84. The van der Waals surface area contributed by atoms with Gasteiger partial charge in [-0.1, -0.05) is 16.4 Å². The lowest BCUT2D eigenvalue weighted by molar-refractivity contribution is -0.140. The number of piperidine rings is 1. The van der Waals surface area contributed by atoms with Crippen LogP contribution < -0.4 is 10.1 Å². The molecule has 0 aliphatic carbocycles. The van der Waals surface area contributed by atoms with Crippen LogP contribution in [0.5, 0.6) is 5.75 Å². The second kappa shape index (κ2) is 9.28. The fourth-order valence-corrected chi connectivity index (χ4v) is 3.65. The van der Waals surface area contributed by atoms with E-state index < -0.39 is 5.41 Å². The van der Waals surface area contributed by atoms with Crippen molar-refractivity contribution in [1.29, 1.82) is 0 Å². The van der Waals surface area contributed by atoms with Crippen molar-refractivity contribution in [2.24, 2.45) is 5.41 Å². The van der Waals surface area contributed by atoms with Crippen LogP contribution >= 0.6 is 0 Å². The molecular weight excluding hydrogens is 384 g/mol. The maximum Gasteiger partial charge on any atom is 0.228 e. The van der Waals surface area contributed by atoms with Crippen LogP contribution in [0.1, 0.15) is 42.3 Å². The molecule has 1 atom stereocenters. The average Bonchev–Trinajstić information content (AvgIpc) is 3.12. The molecule has 1 aliphatic heterocycles. The lowest BCUT2D eigenvalue weighted by Crippen LogP contribution is -2.52. The van der Waals surface area contributed by atoms with E-state index in [9.17, 15) is 9.59 Å². The number of rotatable bonds is 7. The molecule has 1 N–H and O–H groups in total. The van der Waals surface area contributed by atoms with Crippen molar-refractivity contribution in [3.05, 3.63) is 40.7 Å². The van der Waals surface area contributed by atoms with Crippen LogP contribution in [0.3, 0.4) is 0 Å². The van der Waals surface area contributed by atoms with Crippen LogP contribution in [0.2, 0.25) is 0 Å². The molecule has 8 nitrogen and oxygen atoms in total. The first-order chi connectivity index (χ1) is 14.3. The summed E-state index contributed by atoms with van der Waals surface area (Å²) < 4.78 is 10.4. The Bertz CT molecular complexity index is 910. The Morgan fingerprint density at radius 1 is 1.23 bits per heavy atom. The molecule has 1 aliphatic rings. The number of aromatic nitrogens is 2. The molecule has 0 unspecified atom stereocenters. The van der Waals surface area contributed by atoms with Gasteiger partial charge in [0.1, 0.15) is 23.7 Å². The Labute approximate surface area is 176 Å². The number of likely N-dealkylation sites (tertiary alicyclic amines) is 1. The summed E-state index contributed by atoms with van der Waals surface area (Å²) in [6.07, 6.45) is 1.66. The molecule has 2 amide bonds. The van der Waals surface area contributed by atoms with E-state index >= 15 is 0 Å². The predicted molar refractivity (Wildman–Crippen MR) is 111 cm³/mol. The quantitative estimate of drug-likeness (QED) is 0.699. The lowest BCUT2D eigenvalue weighted by atomic mass is 9.80. The Balaban J connectivity index is 1.48. The molecule has 1 fully saturated rings. The summed E-state index contributed by atoms with van der Waals surface area (Å²) in [5.41, 5.74) is 2.93. The third kappa shape index (κ3) is 5.17. The van der Waals surface area contributed by atoms with E-state index in [1.54, 1.807) is 11.8 Å². The van der Waals surface area contributed by atoms with Crippen LogP contribution in [-0.2, 0) is 16.0 Å². The number of amides is 2. The number of hydrogen-bond acceptors (Lipinski definition) is 6. The first-order valence-corrected chi connectivity index (χ1v) is 10.3. The molecule has 30 heavy (non-hydrogen) atoms. The van der Waals surface area contributed by atoms with Crippen molar-refractivity contribution >= 4 is 11.8 Å². The number of carbonyl (C=O) groups is 2. The topological polar surface area (TPSA) is 97.6 Å². The number of ether oxygens (including phenoxy) is 1. The zero-order chi connectivity index (χ0) is 21.7. The van der Waals surface area contributed by atoms with Gasteiger partial charge in [0.25, 0.3) is 0 Å². The van der Waals surface area contributed by atoms with E-state index in [0.717, 1.165) is 18.6 Å². The molecule has 0 spiro atoms. The fourth-order valence-electron chi connectivity index (χ4n) is 3.65. The molecule has 1 aromatic heterocycles. The highest BCUT2D eigenvalue weighted by Crippen LogP contribution is 2.30. The third-order valence-electron chi connectivity index (χ3n) is 5.80. The molecule has 0 radical (unpaired) electrons. The van der Waals surface area contributed by atoms with Gasteiger partial charge in [-0.2, -0.15) is 0 Å². The Kier molecular flexibility index (Phi) is 6.74. The van der Waals surface area contributed by atoms with Crippen LogP contribution in [-0.4, -0.2) is 53.3 Å². The molecular formula is C22H30N4O4. The molecule has 1 saturated heterocycles. The third-order valence-corrected chi connectivity index (χ3v) is 5.80. The van der Waals surface area contributed by atoms with Crippen molar-refractivity contribution in [1.82, 2.24) is 20.5 Å². The molecule has 0 saturated carbocycles. The van der Waals surface area contributed by atoms with Gasteiger partial charge >= 0.3 is 0 Å². The minimum Gasteiger partial charge on any atom is -0.492 e. The van der Waals surface area contributed by atoms with Gasteiger partial charge in [-0.3, -0.25) is 9.59 Å². The first-order valence-electron chi connectivity index (χ1n) is 10.3. The molecule has 3 rings (SSSR count). The predicted octanol–water partition coefficient (Wildman–Crippen LogP) is 2.36. The molecule has 0 bridgehead atoms. The molecule has 2 aromatic rings. The van der Waals surface area contributed by atoms with Crippen molar-refractivity contribution in [2.75, 3.05) is 26.2 Å². The van der Waals surface area contributed by atoms with Gasteiger partial charge in [-0.05, 0) is 63.8 Å². The number of nitrogens with one attached hydrogen (secondary N) is 1. The van der Waals surface area contributed by atoms with E-state index in [4.69, 9.17) is 4.74 Å². The van der Waals surface area contributed by atoms with Gasteiger partial charge < -0.3 is 15.0 Å². The van der Waals surface area contributed by atoms with Gasteiger partial charge in [0.05, 0.1) is 18.4 Å². The zero-order valence-electron chi connectivity index (χ0n) is 18.2.